The molecular weight excluding hydrogens is 411 g/mol. The van der Waals surface area contributed by atoms with Crippen LogP contribution in [0.15, 0.2) is 79.1 Å². The van der Waals surface area contributed by atoms with Crippen molar-refractivity contribution in [2.75, 3.05) is 33.2 Å². The number of piperazine rings is 1. The van der Waals surface area contributed by atoms with Gasteiger partial charge in [-0.2, -0.15) is 5.10 Å². The lowest BCUT2D eigenvalue weighted by molar-refractivity contribution is 0.127. The Morgan fingerprint density at radius 2 is 1.39 bits per heavy atom. The lowest BCUT2D eigenvalue weighted by Gasteiger charge is -2.38. The maximum atomic E-state index is 13.3. The van der Waals surface area contributed by atoms with Crippen molar-refractivity contribution < 1.29 is 4.39 Å². The fraction of sp³-hybridized carbons (Fsp3) is 0.250. The summed E-state index contributed by atoms with van der Waals surface area (Å²) in [5, 5.41) is 7.24. The average Bonchev–Trinajstić information content (AvgIpc) is 3.35. The Morgan fingerprint density at radius 3 is 2.00 bits per heavy atom. The minimum absolute atomic E-state index is 0.176. The number of rotatable bonds is 5. The number of hydrogen-bond acceptors (Lipinski definition) is 3. The van der Waals surface area contributed by atoms with E-state index < -0.39 is 0 Å². The Kier molecular flexibility index (Phi) is 6.07. The third kappa shape index (κ3) is 4.75. The molecule has 2 heterocycles. The van der Waals surface area contributed by atoms with Gasteiger partial charge in [-0.15, -0.1) is 0 Å². The van der Waals surface area contributed by atoms with Gasteiger partial charge in [0.2, 0.25) is 0 Å². The summed E-state index contributed by atoms with van der Waals surface area (Å²) >= 11 is 0. The van der Waals surface area contributed by atoms with E-state index in [0.717, 1.165) is 37.3 Å². The zero-order valence-corrected chi connectivity index (χ0v) is 19.1. The summed E-state index contributed by atoms with van der Waals surface area (Å²) in [6, 6.07) is 22.2. The standard InChI is InChI=1S/C28H29FN4/c1-20-15-24(23-5-3-21(4-6-23)22-7-9-27(29)10-8-22)17-25(16-20)28(26-18-30-31-19-26)33-13-11-32(2)12-14-33/h3-10,15-19,28H,11-14H2,1-2H3,(H,30,31). The number of H-pyrrole nitrogens is 1. The highest BCUT2D eigenvalue weighted by Crippen LogP contribution is 2.33. The molecule has 0 spiro atoms. The Labute approximate surface area is 194 Å². The number of aromatic amines is 1. The lowest BCUT2D eigenvalue weighted by atomic mass is 9.92. The molecule has 4 aromatic rings. The molecule has 5 rings (SSSR count). The van der Waals surface area contributed by atoms with Gasteiger partial charge < -0.3 is 4.90 Å². The first kappa shape index (κ1) is 21.6. The quantitative estimate of drug-likeness (QED) is 0.443. The highest BCUT2D eigenvalue weighted by Gasteiger charge is 2.26. The van der Waals surface area contributed by atoms with Crippen molar-refractivity contribution in [3.8, 4) is 22.3 Å². The Morgan fingerprint density at radius 1 is 0.788 bits per heavy atom. The minimum atomic E-state index is -0.213. The first-order valence-electron chi connectivity index (χ1n) is 11.5. The van der Waals surface area contributed by atoms with Crippen molar-refractivity contribution >= 4 is 0 Å². The molecule has 1 aromatic heterocycles. The van der Waals surface area contributed by atoms with E-state index in [-0.39, 0.29) is 11.9 Å². The van der Waals surface area contributed by atoms with E-state index in [1.807, 2.05) is 24.5 Å². The van der Waals surface area contributed by atoms with Crippen LogP contribution in [0.4, 0.5) is 4.39 Å². The number of aromatic nitrogens is 2. The van der Waals surface area contributed by atoms with Crippen LogP contribution in [0.2, 0.25) is 0 Å². The third-order valence-corrected chi connectivity index (χ3v) is 6.55. The molecule has 1 atom stereocenters. The van der Waals surface area contributed by atoms with Crippen molar-refractivity contribution in [2.24, 2.45) is 0 Å². The van der Waals surface area contributed by atoms with Gasteiger partial charge in [-0.1, -0.05) is 54.1 Å². The van der Waals surface area contributed by atoms with Crippen molar-refractivity contribution in [1.29, 1.82) is 0 Å². The van der Waals surface area contributed by atoms with Crippen LogP contribution in [0.5, 0.6) is 0 Å². The summed E-state index contributed by atoms with van der Waals surface area (Å²) < 4.78 is 13.3. The van der Waals surface area contributed by atoms with Crippen molar-refractivity contribution in [3.05, 3.63) is 102 Å². The molecule has 5 heteroatoms. The van der Waals surface area contributed by atoms with Crippen LogP contribution in [0.1, 0.15) is 22.7 Å². The van der Waals surface area contributed by atoms with Crippen molar-refractivity contribution in [3.63, 3.8) is 0 Å². The van der Waals surface area contributed by atoms with Crippen LogP contribution in [0, 0.1) is 12.7 Å². The maximum absolute atomic E-state index is 13.3. The largest absolute Gasteiger partial charge is 0.304 e. The zero-order valence-electron chi connectivity index (χ0n) is 19.1. The highest BCUT2D eigenvalue weighted by atomic mass is 19.1. The lowest BCUT2D eigenvalue weighted by Crippen LogP contribution is -2.46. The molecule has 0 saturated carbocycles. The van der Waals surface area contributed by atoms with Crippen LogP contribution in [-0.4, -0.2) is 53.2 Å². The number of halogens is 1. The Hall–Kier alpha value is -3.28. The molecule has 0 amide bonds. The van der Waals surface area contributed by atoms with Gasteiger partial charge in [0.1, 0.15) is 5.82 Å². The van der Waals surface area contributed by atoms with Gasteiger partial charge in [0.15, 0.2) is 0 Å². The van der Waals surface area contributed by atoms with Crippen LogP contribution >= 0.6 is 0 Å². The number of hydrogen-bond donors (Lipinski definition) is 1. The summed E-state index contributed by atoms with van der Waals surface area (Å²) in [5.74, 6) is -0.213. The van der Waals surface area contributed by atoms with E-state index in [2.05, 4.69) is 76.4 Å². The summed E-state index contributed by atoms with van der Waals surface area (Å²) in [6.45, 7) is 6.36. The maximum Gasteiger partial charge on any atom is 0.123 e. The molecule has 0 bridgehead atoms. The van der Waals surface area contributed by atoms with Gasteiger partial charge in [0.25, 0.3) is 0 Å². The second kappa shape index (κ2) is 9.30. The van der Waals surface area contributed by atoms with E-state index in [9.17, 15) is 4.39 Å². The molecule has 1 aliphatic rings. The van der Waals surface area contributed by atoms with Gasteiger partial charge in [0, 0.05) is 37.9 Å². The number of aryl methyl sites for hydroxylation is 1. The fourth-order valence-electron chi connectivity index (χ4n) is 4.74. The molecule has 4 nitrogen and oxygen atoms in total. The van der Waals surface area contributed by atoms with Crippen molar-refractivity contribution in [1.82, 2.24) is 20.0 Å². The second-order valence-electron chi connectivity index (χ2n) is 8.99. The number of nitrogens with zero attached hydrogens (tertiary/aromatic N) is 3. The number of likely N-dealkylation sites (N-methyl/N-ethyl adjacent to an activating group) is 1. The number of benzene rings is 3. The molecule has 33 heavy (non-hydrogen) atoms. The Balaban J connectivity index is 1.48. The molecule has 1 unspecified atom stereocenters. The second-order valence-corrected chi connectivity index (χ2v) is 8.99. The van der Waals surface area contributed by atoms with Gasteiger partial charge in [-0.05, 0) is 60.0 Å². The third-order valence-electron chi connectivity index (χ3n) is 6.55. The van der Waals surface area contributed by atoms with Crippen LogP contribution in [-0.2, 0) is 0 Å². The Bertz CT molecular complexity index is 1190. The minimum Gasteiger partial charge on any atom is -0.304 e. The van der Waals surface area contributed by atoms with Crippen LogP contribution < -0.4 is 0 Å². The normalized spacial score (nSPS) is 16.1. The average molecular weight is 441 g/mol. The van der Waals surface area contributed by atoms with E-state index in [1.165, 1.54) is 39.9 Å². The molecule has 0 aliphatic carbocycles. The van der Waals surface area contributed by atoms with E-state index in [1.54, 1.807) is 0 Å². The van der Waals surface area contributed by atoms with Crippen LogP contribution in [0.3, 0.4) is 0 Å². The van der Waals surface area contributed by atoms with Crippen molar-refractivity contribution in [2.45, 2.75) is 13.0 Å². The molecule has 1 saturated heterocycles. The first-order valence-corrected chi connectivity index (χ1v) is 11.5. The SMILES string of the molecule is Cc1cc(-c2ccc(-c3ccc(F)cc3)cc2)cc(C(c2cn[nH]c2)N2CCN(C)CC2)c1. The van der Waals surface area contributed by atoms with Gasteiger partial charge in [0.05, 0.1) is 12.2 Å². The highest BCUT2D eigenvalue weighted by molar-refractivity contribution is 5.71. The monoisotopic (exact) mass is 440 g/mol. The molecule has 1 fully saturated rings. The fourth-order valence-corrected chi connectivity index (χ4v) is 4.74. The molecule has 1 N–H and O–H groups in total. The smallest absolute Gasteiger partial charge is 0.123 e. The molecule has 1 aliphatic heterocycles. The topological polar surface area (TPSA) is 35.2 Å². The predicted octanol–water partition coefficient (Wildman–Crippen LogP) is 5.53. The molecule has 0 radical (unpaired) electrons. The van der Waals surface area contributed by atoms with Gasteiger partial charge in [-0.25, -0.2) is 4.39 Å². The predicted molar refractivity (Wildman–Crippen MR) is 132 cm³/mol. The summed E-state index contributed by atoms with van der Waals surface area (Å²) in [5.41, 5.74) is 8.21. The van der Waals surface area contributed by atoms with E-state index in [4.69, 9.17) is 0 Å². The summed E-state index contributed by atoms with van der Waals surface area (Å²) in [6.07, 6.45) is 3.96. The first-order chi connectivity index (χ1) is 16.1. The van der Waals surface area contributed by atoms with Gasteiger partial charge in [-0.3, -0.25) is 10.00 Å². The zero-order chi connectivity index (χ0) is 22.8. The molecule has 3 aromatic carbocycles. The van der Waals surface area contributed by atoms with Gasteiger partial charge >= 0.3 is 0 Å². The van der Waals surface area contributed by atoms with E-state index >= 15 is 0 Å². The molecule has 168 valence electrons. The van der Waals surface area contributed by atoms with Crippen LogP contribution in [0.25, 0.3) is 22.3 Å². The summed E-state index contributed by atoms with van der Waals surface area (Å²) in [4.78, 5) is 4.94. The molecular formula is C28H29FN4. The number of nitrogens with one attached hydrogen (secondary N) is 1. The summed E-state index contributed by atoms with van der Waals surface area (Å²) in [7, 11) is 2.19. The van der Waals surface area contributed by atoms with E-state index in [0.29, 0.717) is 0 Å².